The Bertz CT molecular complexity index is 1150. The molecule has 0 aliphatic carbocycles. The fraction of sp³-hybridized carbons (Fsp3) is 0.364. The molecule has 2 aromatic heterocycles. The summed E-state index contributed by atoms with van der Waals surface area (Å²) in [6, 6.07) is 5.66. The lowest BCUT2D eigenvalue weighted by molar-refractivity contribution is -0.119. The molecule has 1 fully saturated rings. The van der Waals surface area contributed by atoms with E-state index in [-0.39, 0.29) is 18.1 Å². The van der Waals surface area contributed by atoms with Gasteiger partial charge in [0.15, 0.2) is 0 Å². The molecule has 0 spiro atoms. The van der Waals surface area contributed by atoms with Gasteiger partial charge in [0, 0.05) is 23.4 Å². The molecule has 1 aliphatic rings. The number of rotatable bonds is 6. The Morgan fingerprint density at radius 3 is 2.83 bits per heavy atom. The SMILES string of the molecule is Cc1coc(-c2cnc(OC[C@@H]3CCC(=O)N3)c3cc(OC(C)C)c(C#N)cc23)n1. The number of carbonyl (C=O) groups excluding carboxylic acids is 1. The summed E-state index contributed by atoms with van der Waals surface area (Å²) in [5.74, 6) is 1.31. The van der Waals surface area contributed by atoms with Crippen LogP contribution in [0.15, 0.2) is 29.0 Å². The zero-order valence-corrected chi connectivity index (χ0v) is 17.1. The highest BCUT2D eigenvalue weighted by molar-refractivity contribution is 5.99. The van der Waals surface area contributed by atoms with Crippen molar-refractivity contribution in [2.24, 2.45) is 0 Å². The second-order valence-electron chi connectivity index (χ2n) is 7.56. The smallest absolute Gasteiger partial charge is 0.228 e. The number of carbonyl (C=O) groups is 1. The third-order valence-electron chi connectivity index (χ3n) is 4.79. The number of nitrogens with one attached hydrogen (secondary N) is 1. The number of amides is 1. The summed E-state index contributed by atoms with van der Waals surface area (Å²) in [4.78, 5) is 20.3. The minimum atomic E-state index is -0.0989. The van der Waals surface area contributed by atoms with Gasteiger partial charge in [0.05, 0.1) is 29.0 Å². The predicted octanol–water partition coefficient (Wildman–Crippen LogP) is 3.51. The summed E-state index contributed by atoms with van der Waals surface area (Å²) in [7, 11) is 0. The standard InChI is InChI=1S/C22H22N4O4/c1-12(2)30-19-7-17-16(6-14(19)8-23)18(22-25-13(3)10-28-22)9-24-21(17)29-11-15-4-5-20(27)26-15/h6-7,9-10,12,15H,4-5,11H2,1-3H3,(H,26,27)/t15-/m0/s1. The van der Waals surface area contributed by atoms with Gasteiger partial charge in [-0.1, -0.05) is 0 Å². The number of nitriles is 1. The Morgan fingerprint density at radius 1 is 1.37 bits per heavy atom. The van der Waals surface area contributed by atoms with Crippen LogP contribution in [0.2, 0.25) is 0 Å². The molecule has 1 amide bonds. The number of aryl methyl sites for hydroxylation is 1. The molecular weight excluding hydrogens is 384 g/mol. The summed E-state index contributed by atoms with van der Waals surface area (Å²) >= 11 is 0. The van der Waals surface area contributed by atoms with Crippen molar-refractivity contribution in [1.82, 2.24) is 15.3 Å². The largest absolute Gasteiger partial charge is 0.490 e. The number of ether oxygens (including phenoxy) is 2. The van der Waals surface area contributed by atoms with Crippen molar-refractivity contribution >= 4 is 16.7 Å². The van der Waals surface area contributed by atoms with Gasteiger partial charge in [-0.25, -0.2) is 9.97 Å². The van der Waals surface area contributed by atoms with Gasteiger partial charge >= 0.3 is 0 Å². The zero-order valence-electron chi connectivity index (χ0n) is 17.1. The van der Waals surface area contributed by atoms with E-state index in [0.717, 1.165) is 17.5 Å². The topological polar surface area (TPSA) is 110 Å². The van der Waals surface area contributed by atoms with E-state index >= 15 is 0 Å². The molecule has 1 aromatic carbocycles. The maximum atomic E-state index is 11.5. The van der Waals surface area contributed by atoms with Gasteiger partial charge in [-0.2, -0.15) is 5.26 Å². The molecule has 8 nitrogen and oxygen atoms in total. The molecule has 0 bridgehead atoms. The first-order valence-electron chi connectivity index (χ1n) is 9.82. The number of nitrogens with zero attached hydrogens (tertiary/aromatic N) is 3. The van der Waals surface area contributed by atoms with Crippen LogP contribution in [0.3, 0.4) is 0 Å². The molecule has 0 radical (unpaired) electrons. The molecule has 154 valence electrons. The maximum Gasteiger partial charge on any atom is 0.228 e. The Labute approximate surface area is 173 Å². The molecule has 4 rings (SSSR count). The van der Waals surface area contributed by atoms with Crippen molar-refractivity contribution in [1.29, 1.82) is 5.26 Å². The van der Waals surface area contributed by atoms with E-state index in [1.807, 2.05) is 20.8 Å². The van der Waals surface area contributed by atoms with Crippen LogP contribution in [0.25, 0.3) is 22.2 Å². The predicted molar refractivity (Wildman–Crippen MR) is 109 cm³/mol. The van der Waals surface area contributed by atoms with Crippen LogP contribution < -0.4 is 14.8 Å². The van der Waals surface area contributed by atoms with E-state index in [1.54, 1.807) is 24.6 Å². The van der Waals surface area contributed by atoms with Crippen molar-refractivity contribution in [3.63, 3.8) is 0 Å². The molecule has 3 aromatic rings. The van der Waals surface area contributed by atoms with E-state index in [9.17, 15) is 10.1 Å². The summed E-state index contributed by atoms with van der Waals surface area (Å²) < 4.78 is 17.4. The number of hydrogen-bond acceptors (Lipinski definition) is 7. The monoisotopic (exact) mass is 406 g/mol. The molecule has 1 saturated heterocycles. The van der Waals surface area contributed by atoms with Crippen molar-refractivity contribution in [2.75, 3.05) is 6.61 Å². The first kappa shape index (κ1) is 19.7. The fourth-order valence-electron chi connectivity index (χ4n) is 3.43. The number of hydrogen-bond donors (Lipinski definition) is 1. The van der Waals surface area contributed by atoms with E-state index in [0.29, 0.717) is 47.1 Å². The van der Waals surface area contributed by atoms with Crippen LogP contribution in [-0.2, 0) is 4.79 Å². The minimum Gasteiger partial charge on any atom is -0.490 e. The third-order valence-corrected chi connectivity index (χ3v) is 4.79. The number of aromatic nitrogens is 2. The lowest BCUT2D eigenvalue weighted by Gasteiger charge is -2.16. The summed E-state index contributed by atoms with van der Waals surface area (Å²) in [5, 5.41) is 13.9. The minimum absolute atomic E-state index is 0.0299. The highest BCUT2D eigenvalue weighted by Gasteiger charge is 2.23. The first-order chi connectivity index (χ1) is 14.4. The van der Waals surface area contributed by atoms with Gasteiger partial charge in [0.25, 0.3) is 0 Å². The molecular formula is C22H22N4O4. The van der Waals surface area contributed by atoms with E-state index < -0.39 is 0 Å². The molecule has 0 unspecified atom stereocenters. The maximum absolute atomic E-state index is 11.5. The summed E-state index contributed by atoms with van der Waals surface area (Å²) in [6.07, 6.45) is 4.32. The quantitative estimate of drug-likeness (QED) is 0.667. The Balaban J connectivity index is 1.80. The fourth-order valence-corrected chi connectivity index (χ4v) is 3.43. The third kappa shape index (κ3) is 3.92. The highest BCUT2D eigenvalue weighted by atomic mass is 16.5. The van der Waals surface area contributed by atoms with Crippen LogP contribution in [0.5, 0.6) is 11.6 Å². The lowest BCUT2D eigenvalue weighted by Crippen LogP contribution is -2.31. The average Bonchev–Trinajstić information content (AvgIpc) is 3.33. The van der Waals surface area contributed by atoms with Crippen LogP contribution >= 0.6 is 0 Å². The second kappa shape index (κ2) is 8.03. The normalized spacial score (nSPS) is 16.0. The first-order valence-corrected chi connectivity index (χ1v) is 9.82. The molecule has 8 heteroatoms. The van der Waals surface area contributed by atoms with Crippen molar-refractivity contribution in [3.05, 3.63) is 35.9 Å². The average molecular weight is 406 g/mol. The van der Waals surface area contributed by atoms with Crippen molar-refractivity contribution in [3.8, 4) is 29.2 Å². The number of fused-ring (bicyclic) bond motifs is 1. The van der Waals surface area contributed by atoms with E-state index in [4.69, 9.17) is 13.9 Å². The van der Waals surface area contributed by atoms with Gasteiger partial charge in [0.1, 0.15) is 24.7 Å². The number of oxazole rings is 1. The zero-order chi connectivity index (χ0) is 21.3. The summed E-state index contributed by atoms with van der Waals surface area (Å²) in [6.45, 7) is 5.95. The molecule has 0 saturated carbocycles. The second-order valence-corrected chi connectivity index (χ2v) is 7.56. The van der Waals surface area contributed by atoms with Gasteiger partial charge in [-0.15, -0.1) is 0 Å². The van der Waals surface area contributed by atoms with Gasteiger partial charge in [-0.05, 0) is 39.3 Å². The van der Waals surface area contributed by atoms with Crippen LogP contribution in [0.1, 0.15) is 37.9 Å². The Kier molecular flexibility index (Phi) is 5.27. The van der Waals surface area contributed by atoms with Crippen LogP contribution in [0, 0.1) is 18.3 Å². The summed E-state index contributed by atoms with van der Waals surface area (Å²) in [5.41, 5.74) is 1.81. The van der Waals surface area contributed by atoms with E-state index in [2.05, 4.69) is 21.4 Å². The Morgan fingerprint density at radius 2 is 2.20 bits per heavy atom. The van der Waals surface area contributed by atoms with Gasteiger partial charge in [0.2, 0.25) is 17.7 Å². The van der Waals surface area contributed by atoms with Gasteiger partial charge < -0.3 is 19.2 Å². The lowest BCUT2D eigenvalue weighted by atomic mass is 10.0. The van der Waals surface area contributed by atoms with Crippen molar-refractivity contribution < 1.29 is 18.7 Å². The van der Waals surface area contributed by atoms with Crippen LogP contribution in [0.4, 0.5) is 0 Å². The molecule has 1 aliphatic heterocycles. The number of benzene rings is 1. The van der Waals surface area contributed by atoms with E-state index in [1.165, 1.54) is 0 Å². The molecule has 1 atom stereocenters. The van der Waals surface area contributed by atoms with Crippen LogP contribution in [-0.4, -0.2) is 34.6 Å². The molecule has 3 heterocycles. The molecule has 1 N–H and O–H groups in total. The highest BCUT2D eigenvalue weighted by Crippen LogP contribution is 2.37. The Hall–Kier alpha value is -3.60. The number of pyridine rings is 1. The van der Waals surface area contributed by atoms with Crippen molar-refractivity contribution in [2.45, 2.75) is 45.8 Å². The molecule has 30 heavy (non-hydrogen) atoms. The van der Waals surface area contributed by atoms with Gasteiger partial charge in [-0.3, -0.25) is 4.79 Å².